The quantitative estimate of drug-likeness (QED) is 0.811. The van der Waals surface area contributed by atoms with Crippen molar-refractivity contribution in [3.63, 3.8) is 0 Å². The number of nitrogens with zero attached hydrogens (tertiary/aromatic N) is 2. The van der Waals surface area contributed by atoms with Gasteiger partial charge in [-0.3, -0.25) is 4.68 Å². The maximum Gasteiger partial charge on any atom is 0.0967 e. The monoisotopic (exact) mass is 223 g/mol. The van der Waals surface area contributed by atoms with Gasteiger partial charge in [-0.25, -0.2) is 0 Å². The van der Waals surface area contributed by atoms with Crippen LogP contribution in [0.25, 0.3) is 0 Å². The molecular weight excluding hydrogens is 202 g/mol. The van der Waals surface area contributed by atoms with E-state index in [4.69, 9.17) is 4.74 Å². The SMILES string of the molecule is COC1(Cc2cnn(CC(C)C)c2)CNC1. The van der Waals surface area contributed by atoms with E-state index in [-0.39, 0.29) is 5.60 Å². The van der Waals surface area contributed by atoms with Crippen molar-refractivity contribution in [2.75, 3.05) is 20.2 Å². The lowest BCUT2D eigenvalue weighted by molar-refractivity contribution is -0.0502. The van der Waals surface area contributed by atoms with Gasteiger partial charge in [-0.05, 0) is 11.5 Å². The van der Waals surface area contributed by atoms with Gasteiger partial charge < -0.3 is 10.1 Å². The van der Waals surface area contributed by atoms with Crippen molar-refractivity contribution in [1.82, 2.24) is 15.1 Å². The van der Waals surface area contributed by atoms with Gasteiger partial charge in [0.2, 0.25) is 0 Å². The zero-order chi connectivity index (χ0) is 11.6. The number of ether oxygens (including phenoxy) is 1. The van der Waals surface area contributed by atoms with Gasteiger partial charge in [-0.15, -0.1) is 0 Å². The molecule has 4 nitrogen and oxygen atoms in total. The Bertz CT molecular complexity index is 336. The lowest BCUT2D eigenvalue weighted by Crippen LogP contribution is -2.61. The molecule has 1 aromatic rings. The van der Waals surface area contributed by atoms with Gasteiger partial charge in [0.1, 0.15) is 0 Å². The van der Waals surface area contributed by atoms with Crippen LogP contribution in [0.3, 0.4) is 0 Å². The topological polar surface area (TPSA) is 39.1 Å². The van der Waals surface area contributed by atoms with Gasteiger partial charge in [-0.2, -0.15) is 5.10 Å². The second kappa shape index (κ2) is 4.55. The van der Waals surface area contributed by atoms with Crippen LogP contribution in [-0.4, -0.2) is 35.6 Å². The third kappa shape index (κ3) is 2.44. The van der Waals surface area contributed by atoms with Crippen LogP contribution in [0.4, 0.5) is 0 Å². The highest BCUT2D eigenvalue weighted by Gasteiger charge is 2.37. The normalized spacial score (nSPS) is 18.8. The molecule has 0 bridgehead atoms. The Balaban J connectivity index is 1.97. The zero-order valence-corrected chi connectivity index (χ0v) is 10.4. The maximum atomic E-state index is 5.57. The molecule has 4 heteroatoms. The van der Waals surface area contributed by atoms with E-state index in [1.165, 1.54) is 5.56 Å². The second-order valence-electron chi connectivity index (χ2n) is 5.13. The summed E-state index contributed by atoms with van der Waals surface area (Å²) in [4.78, 5) is 0. The summed E-state index contributed by atoms with van der Waals surface area (Å²) < 4.78 is 7.59. The second-order valence-corrected chi connectivity index (χ2v) is 5.13. The Hall–Kier alpha value is -0.870. The van der Waals surface area contributed by atoms with Crippen LogP contribution in [0, 0.1) is 5.92 Å². The first-order chi connectivity index (χ1) is 7.63. The predicted molar refractivity (Wildman–Crippen MR) is 63.4 cm³/mol. The summed E-state index contributed by atoms with van der Waals surface area (Å²) in [6.45, 7) is 7.28. The molecule has 0 radical (unpaired) electrons. The highest BCUT2D eigenvalue weighted by Crippen LogP contribution is 2.21. The van der Waals surface area contributed by atoms with Crippen molar-refractivity contribution in [1.29, 1.82) is 0 Å². The van der Waals surface area contributed by atoms with Crippen LogP contribution in [0.5, 0.6) is 0 Å². The minimum absolute atomic E-state index is 0.00565. The Morgan fingerprint density at radius 3 is 2.81 bits per heavy atom. The summed E-state index contributed by atoms with van der Waals surface area (Å²) >= 11 is 0. The summed E-state index contributed by atoms with van der Waals surface area (Å²) in [5.74, 6) is 0.634. The third-order valence-electron chi connectivity index (χ3n) is 3.09. The van der Waals surface area contributed by atoms with Gasteiger partial charge >= 0.3 is 0 Å². The van der Waals surface area contributed by atoms with Crippen LogP contribution in [0.2, 0.25) is 0 Å². The van der Waals surface area contributed by atoms with Gasteiger partial charge in [0.05, 0.1) is 11.8 Å². The Kier molecular flexibility index (Phi) is 3.30. The van der Waals surface area contributed by atoms with Crippen molar-refractivity contribution in [3.8, 4) is 0 Å². The molecule has 16 heavy (non-hydrogen) atoms. The van der Waals surface area contributed by atoms with Gasteiger partial charge in [0.15, 0.2) is 0 Å². The fraction of sp³-hybridized carbons (Fsp3) is 0.750. The van der Waals surface area contributed by atoms with Gasteiger partial charge in [0, 0.05) is 39.4 Å². The van der Waals surface area contributed by atoms with Crippen molar-refractivity contribution < 1.29 is 4.74 Å². The molecule has 0 saturated carbocycles. The van der Waals surface area contributed by atoms with Gasteiger partial charge in [-0.1, -0.05) is 13.8 Å². The lowest BCUT2D eigenvalue weighted by Gasteiger charge is -2.41. The van der Waals surface area contributed by atoms with Crippen LogP contribution in [-0.2, 0) is 17.7 Å². The number of hydrogen-bond acceptors (Lipinski definition) is 3. The van der Waals surface area contributed by atoms with Crippen LogP contribution in [0.1, 0.15) is 19.4 Å². The van der Waals surface area contributed by atoms with E-state index >= 15 is 0 Å². The minimum Gasteiger partial charge on any atom is -0.375 e. The number of methoxy groups -OCH3 is 1. The average molecular weight is 223 g/mol. The van der Waals surface area contributed by atoms with Crippen LogP contribution in [0.15, 0.2) is 12.4 Å². The molecule has 1 saturated heterocycles. The molecule has 1 aliphatic heterocycles. The Labute approximate surface area is 97.0 Å². The minimum atomic E-state index is 0.00565. The molecule has 1 fully saturated rings. The lowest BCUT2D eigenvalue weighted by atomic mass is 9.90. The fourth-order valence-corrected chi connectivity index (χ4v) is 2.09. The molecule has 2 heterocycles. The molecular formula is C12H21N3O. The van der Waals surface area contributed by atoms with E-state index in [1.54, 1.807) is 7.11 Å². The standard InChI is InChI=1S/C12H21N3O/c1-10(2)6-15-7-11(5-14-15)4-12(16-3)8-13-9-12/h5,7,10,13H,4,6,8-9H2,1-3H3. The molecule has 90 valence electrons. The molecule has 0 atom stereocenters. The molecule has 1 N–H and O–H groups in total. The first-order valence-electron chi connectivity index (χ1n) is 5.91. The smallest absolute Gasteiger partial charge is 0.0967 e. The van der Waals surface area contributed by atoms with E-state index in [9.17, 15) is 0 Å². The van der Waals surface area contributed by atoms with E-state index in [0.717, 1.165) is 26.1 Å². The number of aromatic nitrogens is 2. The molecule has 1 aromatic heterocycles. The first-order valence-corrected chi connectivity index (χ1v) is 5.91. The number of nitrogens with one attached hydrogen (secondary N) is 1. The molecule has 0 aliphatic carbocycles. The molecule has 0 aromatic carbocycles. The highest BCUT2D eigenvalue weighted by atomic mass is 16.5. The van der Waals surface area contributed by atoms with Gasteiger partial charge in [0.25, 0.3) is 0 Å². The van der Waals surface area contributed by atoms with E-state index in [2.05, 4.69) is 30.5 Å². The fourth-order valence-electron chi connectivity index (χ4n) is 2.09. The van der Waals surface area contributed by atoms with E-state index in [0.29, 0.717) is 5.92 Å². The van der Waals surface area contributed by atoms with E-state index in [1.807, 2.05) is 10.9 Å². The molecule has 0 spiro atoms. The largest absolute Gasteiger partial charge is 0.375 e. The predicted octanol–water partition coefficient (Wildman–Crippen LogP) is 1.07. The molecule has 2 rings (SSSR count). The van der Waals surface area contributed by atoms with E-state index < -0.39 is 0 Å². The first kappa shape index (κ1) is 11.6. The number of hydrogen-bond donors (Lipinski definition) is 1. The maximum absolute atomic E-state index is 5.57. The average Bonchev–Trinajstić information content (AvgIpc) is 2.58. The summed E-state index contributed by atoms with van der Waals surface area (Å²) in [6.07, 6.45) is 5.05. The van der Waals surface area contributed by atoms with Crippen LogP contribution >= 0.6 is 0 Å². The van der Waals surface area contributed by atoms with Crippen molar-refractivity contribution in [2.24, 2.45) is 5.92 Å². The van der Waals surface area contributed by atoms with Crippen molar-refractivity contribution in [3.05, 3.63) is 18.0 Å². The summed E-state index contributed by atoms with van der Waals surface area (Å²) in [6, 6.07) is 0. The third-order valence-corrected chi connectivity index (χ3v) is 3.09. The highest BCUT2D eigenvalue weighted by molar-refractivity contribution is 5.12. The molecule has 0 unspecified atom stereocenters. The number of rotatable bonds is 5. The Morgan fingerprint density at radius 1 is 1.56 bits per heavy atom. The summed E-state index contributed by atoms with van der Waals surface area (Å²) in [5, 5.41) is 7.63. The Morgan fingerprint density at radius 2 is 2.31 bits per heavy atom. The molecule has 0 amide bonds. The van der Waals surface area contributed by atoms with Crippen LogP contribution < -0.4 is 5.32 Å². The summed E-state index contributed by atoms with van der Waals surface area (Å²) in [5.41, 5.74) is 1.27. The summed E-state index contributed by atoms with van der Waals surface area (Å²) in [7, 11) is 1.79. The van der Waals surface area contributed by atoms with Crippen molar-refractivity contribution >= 4 is 0 Å². The molecule has 1 aliphatic rings. The van der Waals surface area contributed by atoms with Crippen molar-refractivity contribution in [2.45, 2.75) is 32.4 Å². The zero-order valence-electron chi connectivity index (χ0n) is 10.4.